The molecule has 0 unspecified atom stereocenters. The van der Waals surface area contributed by atoms with Gasteiger partial charge in [0, 0.05) is 32.7 Å². The molecule has 2 aromatic rings. The van der Waals surface area contributed by atoms with E-state index in [0.717, 1.165) is 25.2 Å². The number of methoxy groups -OCH3 is 2. The Balaban J connectivity index is 1.53. The third-order valence-corrected chi connectivity index (χ3v) is 4.88. The standard InChI is InChI=1S/C21H25FN2O3/c1-26-19-8-7-16(13-20(19)27-2)15-23-9-11-24(12-10-23)21(25)14-17-5-3-4-6-18(17)22/h3-8,13H,9-12,14-15H2,1-2H3. The number of carbonyl (C=O) groups excluding carboxylic acids is 1. The molecule has 1 amide bonds. The number of halogens is 1. The van der Waals surface area contributed by atoms with Crippen LogP contribution in [0.5, 0.6) is 11.5 Å². The number of piperazine rings is 1. The lowest BCUT2D eigenvalue weighted by Crippen LogP contribution is -2.48. The third kappa shape index (κ3) is 4.77. The second kappa shape index (κ2) is 8.86. The summed E-state index contributed by atoms with van der Waals surface area (Å²) in [5.74, 6) is 1.09. The zero-order chi connectivity index (χ0) is 19.2. The average molecular weight is 372 g/mol. The molecule has 6 heteroatoms. The first kappa shape index (κ1) is 19.2. The van der Waals surface area contributed by atoms with Crippen LogP contribution in [0.25, 0.3) is 0 Å². The molecule has 0 aliphatic carbocycles. The Morgan fingerprint density at radius 2 is 1.70 bits per heavy atom. The smallest absolute Gasteiger partial charge is 0.227 e. The first-order valence-electron chi connectivity index (χ1n) is 9.05. The Bertz CT molecular complexity index is 789. The number of amides is 1. The van der Waals surface area contributed by atoms with E-state index in [1.165, 1.54) is 6.07 Å². The van der Waals surface area contributed by atoms with Crippen molar-refractivity contribution in [2.75, 3.05) is 40.4 Å². The molecule has 144 valence electrons. The topological polar surface area (TPSA) is 42.0 Å². The lowest BCUT2D eigenvalue weighted by Gasteiger charge is -2.35. The van der Waals surface area contributed by atoms with Crippen LogP contribution in [0.2, 0.25) is 0 Å². The highest BCUT2D eigenvalue weighted by molar-refractivity contribution is 5.79. The summed E-state index contributed by atoms with van der Waals surface area (Å²) in [6.07, 6.45) is 0.113. The van der Waals surface area contributed by atoms with Gasteiger partial charge < -0.3 is 14.4 Å². The summed E-state index contributed by atoms with van der Waals surface area (Å²) in [5, 5.41) is 0. The molecular weight excluding hydrogens is 347 g/mol. The van der Waals surface area contributed by atoms with Crippen molar-refractivity contribution >= 4 is 5.91 Å². The molecule has 1 aliphatic heterocycles. The molecule has 0 radical (unpaired) electrons. The van der Waals surface area contributed by atoms with Crippen LogP contribution in [-0.2, 0) is 17.8 Å². The second-order valence-corrected chi connectivity index (χ2v) is 6.61. The highest BCUT2D eigenvalue weighted by Gasteiger charge is 2.22. The molecule has 0 aromatic heterocycles. The fourth-order valence-corrected chi connectivity index (χ4v) is 3.31. The Morgan fingerprint density at radius 3 is 2.37 bits per heavy atom. The highest BCUT2D eigenvalue weighted by Crippen LogP contribution is 2.28. The minimum atomic E-state index is -0.321. The number of rotatable bonds is 6. The van der Waals surface area contributed by atoms with Crippen molar-refractivity contribution in [1.82, 2.24) is 9.80 Å². The van der Waals surface area contributed by atoms with E-state index >= 15 is 0 Å². The predicted molar refractivity (Wildman–Crippen MR) is 102 cm³/mol. The Kier molecular flexibility index (Phi) is 6.29. The lowest BCUT2D eigenvalue weighted by atomic mass is 10.1. The van der Waals surface area contributed by atoms with Crippen molar-refractivity contribution in [1.29, 1.82) is 0 Å². The maximum atomic E-state index is 13.7. The first-order valence-corrected chi connectivity index (χ1v) is 9.05. The summed E-state index contributed by atoms with van der Waals surface area (Å²) in [7, 11) is 3.25. The minimum absolute atomic E-state index is 0.0223. The number of ether oxygens (including phenoxy) is 2. The van der Waals surface area contributed by atoms with Crippen LogP contribution in [0.4, 0.5) is 4.39 Å². The van der Waals surface area contributed by atoms with Gasteiger partial charge in [0.25, 0.3) is 0 Å². The van der Waals surface area contributed by atoms with E-state index in [4.69, 9.17) is 9.47 Å². The Labute approximate surface area is 159 Å². The molecule has 0 N–H and O–H groups in total. The van der Waals surface area contributed by atoms with Crippen LogP contribution in [0, 0.1) is 5.82 Å². The number of hydrogen-bond donors (Lipinski definition) is 0. The van der Waals surface area contributed by atoms with E-state index in [9.17, 15) is 9.18 Å². The van der Waals surface area contributed by atoms with Crippen LogP contribution in [0.1, 0.15) is 11.1 Å². The van der Waals surface area contributed by atoms with Gasteiger partial charge in [0.05, 0.1) is 20.6 Å². The minimum Gasteiger partial charge on any atom is -0.493 e. The van der Waals surface area contributed by atoms with E-state index in [1.54, 1.807) is 32.4 Å². The average Bonchev–Trinajstić information content (AvgIpc) is 2.70. The maximum absolute atomic E-state index is 13.7. The summed E-state index contributed by atoms with van der Waals surface area (Å²) < 4.78 is 24.4. The largest absolute Gasteiger partial charge is 0.493 e. The van der Waals surface area contributed by atoms with Crippen LogP contribution < -0.4 is 9.47 Å². The van der Waals surface area contributed by atoms with Gasteiger partial charge in [-0.3, -0.25) is 9.69 Å². The van der Waals surface area contributed by atoms with Gasteiger partial charge in [-0.15, -0.1) is 0 Å². The summed E-state index contributed by atoms with van der Waals surface area (Å²) in [5.41, 5.74) is 1.59. The molecule has 1 aliphatic rings. The fraction of sp³-hybridized carbons (Fsp3) is 0.381. The Morgan fingerprint density at radius 1 is 1.00 bits per heavy atom. The molecule has 3 rings (SSSR count). The maximum Gasteiger partial charge on any atom is 0.227 e. The van der Waals surface area contributed by atoms with E-state index in [2.05, 4.69) is 4.90 Å². The highest BCUT2D eigenvalue weighted by atomic mass is 19.1. The van der Waals surface area contributed by atoms with Gasteiger partial charge in [0.15, 0.2) is 11.5 Å². The molecule has 1 heterocycles. The van der Waals surface area contributed by atoms with Crippen molar-refractivity contribution in [3.63, 3.8) is 0 Å². The Hall–Kier alpha value is -2.60. The molecule has 0 bridgehead atoms. The zero-order valence-electron chi connectivity index (χ0n) is 15.8. The van der Waals surface area contributed by atoms with Crippen molar-refractivity contribution < 1.29 is 18.7 Å². The van der Waals surface area contributed by atoms with Crippen molar-refractivity contribution in [2.45, 2.75) is 13.0 Å². The number of carbonyl (C=O) groups is 1. The first-order chi connectivity index (χ1) is 13.1. The summed E-state index contributed by atoms with van der Waals surface area (Å²) in [6.45, 7) is 3.67. The van der Waals surface area contributed by atoms with Crippen molar-refractivity contribution in [3.8, 4) is 11.5 Å². The molecule has 5 nitrogen and oxygen atoms in total. The summed E-state index contributed by atoms with van der Waals surface area (Å²) >= 11 is 0. The monoisotopic (exact) mass is 372 g/mol. The lowest BCUT2D eigenvalue weighted by molar-refractivity contribution is -0.132. The van der Waals surface area contributed by atoms with Gasteiger partial charge in [0.1, 0.15) is 5.82 Å². The SMILES string of the molecule is COc1ccc(CN2CCN(C(=O)Cc3ccccc3F)CC2)cc1OC. The van der Waals surface area contributed by atoms with E-state index in [1.807, 2.05) is 23.1 Å². The third-order valence-electron chi connectivity index (χ3n) is 4.88. The van der Waals surface area contributed by atoms with Gasteiger partial charge in [-0.2, -0.15) is 0 Å². The number of nitrogens with zero attached hydrogens (tertiary/aromatic N) is 2. The van der Waals surface area contributed by atoms with Gasteiger partial charge >= 0.3 is 0 Å². The van der Waals surface area contributed by atoms with Crippen LogP contribution in [0.15, 0.2) is 42.5 Å². The summed E-state index contributed by atoms with van der Waals surface area (Å²) in [6, 6.07) is 12.4. The van der Waals surface area contributed by atoms with Gasteiger partial charge in [-0.05, 0) is 29.3 Å². The molecule has 1 fully saturated rings. The molecule has 27 heavy (non-hydrogen) atoms. The quantitative estimate of drug-likeness (QED) is 0.782. The van der Waals surface area contributed by atoms with Crippen molar-refractivity contribution in [2.24, 2.45) is 0 Å². The molecule has 2 aromatic carbocycles. The van der Waals surface area contributed by atoms with Crippen LogP contribution in [-0.4, -0.2) is 56.1 Å². The molecular formula is C21H25FN2O3. The summed E-state index contributed by atoms with van der Waals surface area (Å²) in [4.78, 5) is 16.6. The molecule has 0 saturated carbocycles. The van der Waals surface area contributed by atoms with Gasteiger partial charge in [-0.1, -0.05) is 24.3 Å². The van der Waals surface area contributed by atoms with E-state index in [-0.39, 0.29) is 18.1 Å². The number of benzene rings is 2. The van der Waals surface area contributed by atoms with Gasteiger partial charge in [-0.25, -0.2) is 4.39 Å². The van der Waals surface area contributed by atoms with E-state index in [0.29, 0.717) is 30.2 Å². The second-order valence-electron chi connectivity index (χ2n) is 6.61. The zero-order valence-corrected chi connectivity index (χ0v) is 15.8. The molecule has 0 spiro atoms. The van der Waals surface area contributed by atoms with Crippen molar-refractivity contribution in [3.05, 3.63) is 59.4 Å². The predicted octanol–water partition coefficient (Wildman–Crippen LogP) is 2.73. The van der Waals surface area contributed by atoms with Crippen LogP contribution >= 0.6 is 0 Å². The number of hydrogen-bond acceptors (Lipinski definition) is 4. The van der Waals surface area contributed by atoms with Crippen LogP contribution in [0.3, 0.4) is 0 Å². The van der Waals surface area contributed by atoms with Gasteiger partial charge in [0.2, 0.25) is 5.91 Å². The van der Waals surface area contributed by atoms with E-state index < -0.39 is 0 Å². The molecule has 1 saturated heterocycles. The fourth-order valence-electron chi connectivity index (χ4n) is 3.31. The molecule has 0 atom stereocenters. The normalized spacial score (nSPS) is 14.9.